The summed E-state index contributed by atoms with van der Waals surface area (Å²) in [5.41, 5.74) is 5.77. The fourth-order valence-corrected chi connectivity index (χ4v) is 2.52. The highest BCUT2D eigenvalue weighted by molar-refractivity contribution is 5.94. The Labute approximate surface area is 170 Å². The minimum atomic E-state index is -0.610. The number of hydrogen-bond donors (Lipinski definition) is 3. The lowest BCUT2D eigenvalue weighted by Gasteiger charge is -2.11. The van der Waals surface area contributed by atoms with E-state index < -0.39 is 16.7 Å². The predicted molar refractivity (Wildman–Crippen MR) is 107 cm³/mol. The molecule has 2 aromatic carbocycles. The third-order valence-corrected chi connectivity index (χ3v) is 4.01. The third-order valence-electron chi connectivity index (χ3n) is 4.01. The van der Waals surface area contributed by atoms with E-state index in [1.165, 1.54) is 48.3 Å². The summed E-state index contributed by atoms with van der Waals surface area (Å²) in [4.78, 5) is 34.3. The molecule has 0 aliphatic carbocycles. The lowest BCUT2D eigenvalue weighted by Crippen LogP contribution is -2.44. The van der Waals surface area contributed by atoms with Gasteiger partial charge in [0.1, 0.15) is 5.75 Å². The van der Waals surface area contributed by atoms with E-state index in [-0.39, 0.29) is 17.9 Å². The maximum atomic E-state index is 12.2. The molecule has 3 N–H and O–H groups in total. The van der Waals surface area contributed by atoms with Crippen molar-refractivity contribution in [1.29, 1.82) is 0 Å². The summed E-state index contributed by atoms with van der Waals surface area (Å²) >= 11 is 0. The number of hydrazine groups is 1. The summed E-state index contributed by atoms with van der Waals surface area (Å²) in [6, 6.07) is 14.3. The van der Waals surface area contributed by atoms with Gasteiger partial charge in [-0.05, 0) is 30.3 Å². The van der Waals surface area contributed by atoms with Crippen LogP contribution in [0.2, 0.25) is 0 Å². The largest absolute Gasteiger partial charge is 0.495 e. The maximum Gasteiger partial charge on any atom is 0.290 e. The summed E-state index contributed by atoms with van der Waals surface area (Å²) < 4.78 is 6.58. The molecule has 0 atom stereocenters. The standard InChI is InChI=1S/C19H18N6O5/c1-30-17-5-3-2-4-15(17)20-12-18(26)21-22-19(27)16-10-11-24(23-16)13-6-8-14(9-7-13)25(28)29/h2-11,20H,12H2,1H3,(H,21,26)(H,22,27). The number of aromatic nitrogens is 2. The number of nitrogens with zero attached hydrogens (tertiary/aromatic N) is 3. The number of anilines is 1. The number of carbonyl (C=O) groups is 2. The topological polar surface area (TPSA) is 140 Å². The number of methoxy groups -OCH3 is 1. The van der Waals surface area contributed by atoms with Gasteiger partial charge in [0.15, 0.2) is 5.69 Å². The molecule has 0 spiro atoms. The van der Waals surface area contributed by atoms with Gasteiger partial charge in [0.2, 0.25) is 0 Å². The zero-order valence-electron chi connectivity index (χ0n) is 15.9. The summed E-state index contributed by atoms with van der Waals surface area (Å²) in [5, 5.41) is 17.7. The molecule has 1 aromatic heterocycles. The SMILES string of the molecule is COc1ccccc1NCC(=O)NNC(=O)c1ccn(-c2ccc([N+](=O)[O-])cc2)n1. The Morgan fingerprint density at radius 1 is 1.10 bits per heavy atom. The van der Waals surface area contributed by atoms with Crippen molar-refractivity contribution in [2.45, 2.75) is 0 Å². The Morgan fingerprint density at radius 2 is 1.83 bits per heavy atom. The number of nitro groups is 1. The van der Waals surface area contributed by atoms with Crippen LogP contribution >= 0.6 is 0 Å². The number of nitrogens with one attached hydrogen (secondary N) is 3. The quantitative estimate of drug-likeness (QED) is 0.397. The average molecular weight is 410 g/mol. The van der Waals surface area contributed by atoms with Crippen LogP contribution in [0.3, 0.4) is 0 Å². The van der Waals surface area contributed by atoms with Gasteiger partial charge < -0.3 is 10.1 Å². The van der Waals surface area contributed by atoms with Crippen LogP contribution in [-0.2, 0) is 4.79 Å². The van der Waals surface area contributed by atoms with E-state index >= 15 is 0 Å². The molecule has 1 heterocycles. The molecule has 0 radical (unpaired) electrons. The molecule has 154 valence electrons. The van der Waals surface area contributed by atoms with Gasteiger partial charge in [-0.1, -0.05) is 12.1 Å². The molecular formula is C19H18N6O5. The van der Waals surface area contributed by atoms with Gasteiger partial charge in [0, 0.05) is 18.3 Å². The first-order chi connectivity index (χ1) is 14.5. The fourth-order valence-electron chi connectivity index (χ4n) is 2.52. The molecule has 3 rings (SSSR count). The number of carbonyl (C=O) groups excluding carboxylic acids is 2. The van der Waals surface area contributed by atoms with Crippen LogP contribution in [0, 0.1) is 10.1 Å². The average Bonchev–Trinajstić information content (AvgIpc) is 3.26. The Balaban J connectivity index is 1.52. The lowest BCUT2D eigenvalue weighted by atomic mass is 10.3. The number of rotatable bonds is 7. The Morgan fingerprint density at radius 3 is 2.53 bits per heavy atom. The van der Waals surface area contributed by atoms with Crippen molar-refractivity contribution in [3.63, 3.8) is 0 Å². The summed E-state index contributed by atoms with van der Waals surface area (Å²) in [5.74, 6) is -0.489. The van der Waals surface area contributed by atoms with Gasteiger partial charge in [-0.15, -0.1) is 0 Å². The normalized spacial score (nSPS) is 10.2. The number of para-hydroxylation sites is 2. The third kappa shape index (κ3) is 4.90. The van der Waals surface area contributed by atoms with E-state index in [2.05, 4.69) is 21.3 Å². The van der Waals surface area contributed by atoms with Gasteiger partial charge in [-0.25, -0.2) is 4.68 Å². The second kappa shape index (κ2) is 9.19. The fraction of sp³-hybridized carbons (Fsp3) is 0.105. The Hall–Kier alpha value is -4.41. The zero-order valence-corrected chi connectivity index (χ0v) is 15.9. The van der Waals surface area contributed by atoms with Crippen molar-refractivity contribution in [2.75, 3.05) is 19.0 Å². The van der Waals surface area contributed by atoms with Gasteiger partial charge in [-0.2, -0.15) is 5.10 Å². The highest BCUT2D eigenvalue weighted by atomic mass is 16.6. The lowest BCUT2D eigenvalue weighted by molar-refractivity contribution is -0.384. The highest BCUT2D eigenvalue weighted by Crippen LogP contribution is 2.22. The summed E-state index contributed by atoms with van der Waals surface area (Å²) in [7, 11) is 1.52. The van der Waals surface area contributed by atoms with Crippen LogP contribution in [0.5, 0.6) is 5.75 Å². The van der Waals surface area contributed by atoms with Gasteiger partial charge in [-0.3, -0.25) is 30.6 Å². The smallest absolute Gasteiger partial charge is 0.290 e. The first kappa shape index (κ1) is 20.3. The number of amides is 2. The second-order valence-corrected chi connectivity index (χ2v) is 5.98. The number of benzene rings is 2. The van der Waals surface area contributed by atoms with E-state index in [1.807, 2.05) is 0 Å². The molecule has 0 saturated heterocycles. The molecule has 2 amide bonds. The number of nitro benzene ring substituents is 1. The molecule has 0 aliphatic rings. The first-order valence-corrected chi connectivity index (χ1v) is 8.74. The molecule has 11 heteroatoms. The zero-order chi connectivity index (χ0) is 21.5. The molecule has 0 aliphatic heterocycles. The van der Waals surface area contributed by atoms with Crippen molar-refractivity contribution in [2.24, 2.45) is 0 Å². The van der Waals surface area contributed by atoms with Crippen molar-refractivity contribution >= 4 is 23.2 Å². The van der Waals surface area contributed by atoms with E-state index in [4.69, 9.17) is 4.74 Å². The highest BCUT2D eigenvalue weighted by Gasteiger charge is 2.12. The predicted octanol–water partition coefficient (Wildman–Crippen LogP) is 1.66. The molecule has 0 fully saturated rings. The van der Waals surface area contributed by atoms with E-state index in [0.717, 1.165) is 0 Å². The number of non-ortho nitro benzene ring substituents is 1. The van der Waals surface area contributed by atoms with Crippen molar-refractivity contribution < 1.29 is 19.2 Å². The number of ether oxygens (including phenoxy) is 1. The van der Waals surface area contributed by atoms with Crippen molar-refractivity contribution in [3.05, 3.63) is 76.6 Å². The van der Waals surface area contributed by atoms with Crippen LogP contribution in [0.25, 0.3) is 5.69 Å². The van der Waals surface area contributed by atoms with E-state index in [9.17, 15) is 19.7 Å². The van der Waals surface area contributed by atoms with Gasteiger partial charge in [0.25, 0.3) is 17.5 Å². The van der Waals surface area contributed by atoms with Crippen LogP contribution in [0.15, 0.2) is 60.8 Å². The minimum absolute atomic E-state index is 0.0479. The molecule has 0 bridgehead atoms. The maximum absolute atomic E-state index is 12.2. The number of hydrogen-bond acceptors (Lipinski definition) is 7. The molecule has 3 aromatic rings. The molecule has 11 nitrogen and oxygen atoms in total. The Kier molecular flexibility index (Phi) is 6.23. The van der Waals surface area contributed by atoms with E-state index in [1.54, 1.807) is 24.3 Å². The van der Waals surface area contributed by atoms with Crippen LogP contribution < -0.4 is 20.9 Å². The van der Waals surface area contributed by atoms with Gasteiger partial charge >= 0.3 is 0 Å². The summed E-state index contributed by atoms with van der Waals surface area (Å²) in [6.45, 7) is -0.0854. The second-order valence-electron chi connectivity index (χ2n) is 5.98. The van der Waals surface area contributed by atoms with Crippen LogP contribution in [0.4, 0.5) is 11.4 Å². The minimum Gasteiger partial charge on any atom is -0.495 e. The molecular weight excluding hydrogens is 392 g/mol. The van der Waals surface area contributed by atoms with E-state index in [0.29, 0.717) is 17.1 Å². The monoisotopic (exact) mass is 410 g/mol. The molecule has 0 saturated carbocycles. The molecule has 30 heavy (non-hydrogen) atoms. The summed E-state index contributed by atoms with van der Waals surface area (Å²) in [6.07, 6.45) is 1.53. The van der Waals surface area contributed by atoms with Crippen molar-refractivity contribution in [3.8, 4) is 11.4 Å². The van der Waals surface area contributed by atoms with Crippen LogP contribution in [0.1, 0.15) is 10.5 Å². The first-order valence-electron chi connectivity index (χ1n) is 8.74. The van der Waals surface area contributed by atoms with Crippen LogP contribution in [-0.4, -0.2) is 40.2 Å². The van der Waals surface area contributed by atoms with Gasteiger partial charge in [0.05, 0.1) is 30.0 Å². The van der Waals surface area contributed by atoms with Crippen molar-refractivity contribution in [1.82, 2.24) is 20.6 Å². The molecule has 0 unspecified atom stereocenters. The Bertz CT molecular complexity index is 1060.